The molecule has 5 nitrogen and oxygen atoms in total. The molecule has 0 bridgehead atoms. The van der Waals surface area contributed by atoms with Crippen LogP contribution in [-0.4, -0.2) is 41.0 Å². The average Bonchev–Trinajstić information content (AvgIpc) is 2.51. The molecule has 1 heterocycles. The largest absolute Gasteiger partial charge is 0.386 e. The number of benzene rings is 1. The summed E-state index contributed by atoms with van der Waals surface area (Å²) in [5.74, 6) is -0.524. The third-order valence-electron chi connectivity index (χ3n) is 5.08. The monoisotopic (exact) mass is 339 g/mol. The Balaban J connectivity index is 1.73. The molecule has 1 aromatic carbocycles. The smallest absolute Gasteiger partial charge is 0.252 e. The second-order valence-electron chi connectivity index (χ2n) is 6.55. The SMILES string of the molecule is O=C(NC1(c2ccc(Cl)cc2)CCC1)C(O)C1(O)CCOCC1. The molecular weight excluding hydrogens is 318 g/mol. The second kappa shape index (κ2) is 6.40. The van der Waals surface area contributed by atoms with Crippen molar-refractivity contribution in [2.45, 2.75) is 49.3 Å². The molecule has 0 aromatic heterocycles. The van der Waals surface area contributed by atoms with Crippen molar-refractivity contribution in [2.24, 2.45) is 0 Å². The molecule has 1 unspecified atom stereocenters. The van der Waals surface area contributed by atoms with Gasteiger partial charge in [0.2, 0.25) is 0 Å². The van der Waals surface area contributed by atoms with Gasteiger partial charge in [0, 0.05) is 31.1 Å². The highest BCUT2D eigenvalue weighted by molar-refractivity contribution is 6.30. The number of halogens is 1. The van der Waals surface area contributed by atoms with E-state index in [1.54, 1.807) is 12.1 Å². The number of hydrogen-bond acceptors (Lipinski definition) is 4. The van der Waals surface area contributed by atoms with E-state index >= 15 is 0 Å². The van der Waals surface area contributed by atoms with E-state index in [0.29, 0.717) is 18.2 Å². The lowest BCUT2D eigenvalue weighted by atomic mass is 9.71. The van der Waals surface area contributed by atoms with Crippen molar-refractivity contribution in [3.63, 3.8) is 0 Å². The lowest BCUT2D eigenvalue weighted by Gasteiger charge is -2.45. The van der Waals surface area contributed by atoms with Crippen molar-refractivity contribution in [2.75, 3.05) is 13.2 Å². The number of aliphatic hydroxyl groups is 2. The molecule has 1 aromatic rings. The third-order valence-corrected chi connectivity index (χ3v) is 5.33. The van der Waals surface area contributed by atoms with Gasteiger partial charge in [-0.3, -0.25) is 4.79 Å². The number of carbonyl (C=O) groups is 1. The Hall–Kier alpha value is -1.14. The molecule has 1 saturated carbocycles. The minimum Gasteiger partial charge on any atom is -0.386 e. The maximum absolute atomic E-state index is 12.5. The van der Waals surface area contributed by atoms with Crippen LogP contribution in [0, 0.1) is 0 Å². The molecule has 2 fully saturated rings. The molecule has 126 valence electrons. The van der Waals surface area contributed by atoms with E-state index in [1.807, 2.05) is 12.1 Å². The molecule has 3 rings (SSSR count). The molecule has 1 atom stereocenters. The fourth-order valence-corrected chi connectivity index (χ4v) is 3.46. The number of hydrogen-bond donors (Lipinski definition) is 3. The summed E-state index contributed by atoms with van der Waals surface area (Å²) in [6.45, 7) is 0.701. The molecule has 1 aliphatic carbocycles. The van der Waals surface area contributed by atoms with Crippen molar-refractivity contribution < 1.29 is 19.7 Å². The quantitative estimate of drug-likeness (QED) is 0.780. The molecule has 0 radical (unpaired) electrons. The predicted octanol–water partition coefficient (Wildman–Crippen LogP) is 1.74. The Morgan fingerprint density at radius 3 is 2.30 bits per heavy atom. The molecule has 0 spiro atoms. The minimum atomic E-state index is -1.45. The molecule has 2 aliphatic rings. The third kappa shape index (κ3) is 3.24. The van der Waals surface area contributed by atoms with Crippen LogP contribution in [0.2, 0.25) is 5.02 Å². The van der Waals surface area contributed by atoms with Crippen LogP contribution in [0.5, 0.6) is 0 Å². The van der Waals surface area contributed by atoms with Crippen LogP contribution in [0.3, 0.4) is 0 Å². The van der Waals surface area contributed by atoms with E-state index in [0.717, 1.165) is 24.8 Å². The summed E-state index contributed by atoms with van der Waals surface area (Å²) in [6.07, 6.45) is 1.71. The number of carbonyl (C=O) groups excluding carboxylic acids is 1. The molecule has 1 saturated heterocycles. The summed E-state index contributed by atoms with van der Waals surface area (Å²) < 4.78 is 5.19. The summed E-state index contributed by atoms with van der Waals surface area (Å²) in [5.41, 5.74) is -0.898. The van der Waals surface area contributed by atoms with E-state index in [2.05, 4.69) is 5.32 Å². The Bertz CT molecular complexity index is 564. The zero-order valence-electron chi connectivity index (χ0n) is 12.9. The first kappa shape index (κ1) is 16.7. The van der Waals surface area contributed by atoms with Crippen molar-refractivity contribution in [3.05, 3.63) is 34.9 Å². The van der Waals surface area contributed by atoms with Gasteiger partial charge in [0.05, 0.1) is 5.54 Å². The first-order chi connectivity index (χ1) is 11.0. The maximum atomic E-state index is 12.5. The van der Waals surface area contributed by atoms with E-state index in [9.17, 15) is 15.0 Å². The number of nitrogens with one attached hydrogen (secondary N) is 1. The zero-order valence-corrected chi connectivity index (χ0v) is 13.7. The van der Waals surface area contributed by atoms with Crippen LogP contribution < -0.4 is 5.32 Å². The molecule has 23 heavy (non-hydrogen) atoms. The standard InChI is InChI=1S/C17H22ClNO4/c18-13-4-2-12(3-5-13)16(6-1-7-16)19-15(21)14(20)17(22)8-10-23-11-9-17/h2-5,14,20,22H,1,6-11H2,(H,19,21). The lowest BCUT2D eigenvalue weighted by molar-refractivity contribution is -0.162. The Morgan fingerprint density at radius 2 is 1.78 bits per heavy atom. The Kier molecular flexibility index (Phi) is 4.65. The van der Waals surface area contributed by atoms with Crippen LogP contribution in [0.1, 0.15) is 37.7 Å². The summed E-state index contributed by atoms with van der Waals surface area (Å²) >= 11 is 5.93. The van der Waals surface area contributed by atoms with Crippen molar-refractivity contribution in [3.8, 4) is 0 Å². The first-order valence-corrected chi connectivity index (χ1v) is 8.39. The molecule has 1 aliphatic heterocycles. The van der Waals surface area contributed by atoms with E-state index < -0.39 is 23.2 Å². The van der Waals surface area contributed by atoms with Gasteiger partial charge < -0.3 is 20.3 Å². The van der Waals surface area contributed by atoms with E-state index in [1.165, 1.54) is 0 Å². The highest BCUT2D eigenvalue weighted by Gasteiger charge is 2.46. The van der Waals surface area contributed by atoms with E-state index in [-0.39, 0.29) is 12.8 Å². The maximum Gasteiger partial charge on any atom is 0.252 e. The van der Waals surface area contributed by atoms with Crippen LogP contribution in [0.25, 0.3) is 0 Å². The fraction of sp³-hybridized carbons (Fsp3) is 0.588. The summed E-state index contributed by atoms with van der Waals surface area (Å²) in [6, 6.07) is 7.39. The summed E-state index contributed by atoms with van der Waals surface area (Å²) in [7, 11) is 0. The molecule has 3 N–H and O–H groups in total. The average molecular weight is 340 g/mol. The molecule has 1 amide bonds. The topological polar surface area (TPSA) is 78.8 Å². The Morgan fingerprint density at radius 1 is 1.17 bits per heavy atom. The van der Waals surface area contributed by atoms with Gasteiger partial charge in [0.1, 0.15) is 5.60 Å². The number of ether oxygens (including phenoxy) is 1. The Labute approximate surface area is 140 Å². The molecular formula is C17H22ClNO4. The van der Waals surface area contributed by atoms with Crippen LogP contribution in [0.15, 0.2) is 24.3 Å². The normalized spacial score (nSPS) is 23.6. The summed E-state index contributed by atoms with van der Waals surface area (Å²) in [4.78, 5) is 12.5. The predicted molar refractivity (Wildman–Crippen MR) is 86.1 cm³/mol. The van der Waals surface area contributed by atoms with Gasteiger partial charge in [-0.1, -0.05) is 23.7 Å². The first-order valence-electron chi connectivity index (χ1n) is 8.02. The number of aliphatic hydroxyl groups excluding tert-OH is 1. The van der Waals surface area contributed by atoms with Gasteiger partial charge in [0.15, 0.2) is 6.10 Å². The van der Waals surface area contributed by atoms with Crippen molar-refractivity contribution in [1.29, 1.82) is 0 Å². The number of amides is 1. The highest BCUT2D eigenvalue weighted by atomic mass is 35.5. The van der Waals surface area contributed by atoms with Gasteiger partial charge in [-0.15, -0.1) is 0 Å². The van der Waals surface area contributed by atoms with Gasteiger partial charge in [0.25, 0.3) is 5.91 Å². The lowest BCUT2D eigenvalue weighted by Crippen LogP contribution is -2.59. The van der Waals surface area contributed by atoms with Crippen LogP contribution >= 0.6 is 11.6 Å². The zero-order chi connectivity index (χ0) is 16.5. The van der Waals surface area contributed by atoms with Crippen molar-refractivity contribution in [1.82, 2.24) is 5.32 Å². The van der Waals surface area contributed by atoms with Crippen molar-refractivity contribution >= 4 is 17.5 Å². The van der Waals surface area contributed by atoms with Gasteiger partial charge in [-0.25, -0.2) is 0 Å². The minimum absolute atomic E-state index is 0.259. The second-order valence-corrected chi connectivity index (χ2v) is 6.99. The van der Waals surface area contributed by atoms with Crippen LogP contribution in [0.4, 0.5) is 0 Å². The number of rotatable bonds is 4. The van der Waals surface area contributed by atoms with E-state index in [4.69, 9.17) is 16.3 Å². The highest BCUT2D eigenvalue weighted by Crippen LogP contribution is 2.42. The molecule has 6 heteroatoms. The van der Waals surface area contributed by atoms with Gasteiger partial charge in [-0.2, -0.15) is 0 Å². The fourth-order valence-electron chi connectivity index (χ4n) is 3.33. The van der Waals surface area contributed by atoms with Gasteiger partial charge in [-0.05, 0) is 37.0 Å². The van der Waals surface area contributed by atoms with Gasteiger partial charge >= 0.3 is 0 Å². The summed E-state index contributed by atoms with van der Waals surface area (Å²) in [5, 5.41) is 24.4. The van der Waals surface area contributed by atoms with Crippen LogP contribution in [-0.2, 0) is 15.1 Å².